The smallest absolute Gasteiger partial charge is 0.411 e. The van der Waals surface area contributed by atoms with Crippen LogP contribution in [0.5, 0.6) is 0 Å². The van der Waals surface area contributed by atoms with Gasteiger partial charge in [-0.25, -0.2) is 9.59 Å². The van der Waals surface area contributed by atoms with Gasteiger partial charge in [0.25, 0.3) is 0 Å². The van der Waals surface area contributed by atoms with Crippen molar-refractivity contribution in [2.45, 2.75) is 51.5 Å². The van der Waals surface area contributed by atoms with Crippen LogP contribution in [0.3, 0.4) is 0 Å². The number of carbonyl (C=O) groups is 2. The van der Waals surface area contributed by atoms with Crippen LogP contribution in [0.15, 0.2) is 24.3 Å². The van der Waals surface area contributed by atoms with Crippen LogP contribution in [-0.4, -0.2) is 46.4 Å². The first-order chi connectivity index (χ1) is 11.7. The highest BCUT2D eigenvalue weighted by Gasteiger charge is 2.42. The molecule has 1 fully saturated rings. The molecule has 0 saturated carbocycles. The molecule has 1 aromatic carbocycles. The van der Waals surface area contributed by atoms with Crippen molar-refractivity contribution in [2.75, 3.05) is 6.54 Å². The van der Waals surface area contributed by atoms with E-state index in [1.807, 2.05) is 6.07 Å². The van der Waals surface area contributed by atoms with Crippen LogP contribution in [-0.2, 0) is 20.9 Å². The molecule has 1 amide bonds. The predicted octanol–water partition coefficient (Wildman–Crippen LogP) is 2.54. The number of nitrogens with zero attached hydrogens (tertiary/aromatic N) is 2. The molecule has 1 aliphatic rings. The van der Waals surface area contributed by atoms with Crippen molar-refractivity contribution in [3.05, 3.63) is 35.4 Å². The van der Waals surface area contributed by atoms with Gasteiger partial charge in [-0.3, -0.25) is 4.90 Å². The molecule has 1 N–H and O–H groups in total. The van der Waals surface area contributed by atoms with Gasteiger partial charge in [0.2, 0.25) is 0 Å². The number of carboxylic acids is 1. The second-order valence-electron chi connectivity index (χ2n) is 6.97. The Morgan fingerprint density at radius 1 is 1.40 bits per heavy atom. The van der Waals surface area contributed by atoms with E-state index < -0.39 is 29.8 Å². The van der Waals surface area contributed by atoms with Crippen LogP contribution in [0.1, 0.15) is 38.3 Å². The van der Waals surface area contributed by atoms with Crippen LogP contribution in [0.2, 0.25) is 0 Å². The van der Waals surface area contributed by atoms with Gasteiger partial charge in [-0.15, -0.1) is 0 Å². The Morgan fingerprint density at radius 2 is 2.12 bits per heavy atom. The third kappa shape index (κ3) is 5.19. The number of ether oxygens (including phenoxy) is 2. The maximum Gasteiger partial charge on any atom is 0.411 e. The average Bonchev–Trinajstić information content (AvgIpc) is 2.96. The highest BCUT2D eigenvalue weighted by Crippen LogP contribution is 2.24. The Kier molecular flexibility index (Phi) is 5.65. The third-order valence-corrected chi connectivity index (χ3v) is 3.72. The second kappa shape index (κ2) is 7.53. The quantitative estimate of drug-likeness (QED) is 0.899. The first-order valence-electron chi connectivity index (χ1n) is 8.02. The van der Waals surface area contributed by atoms with Gasteiger partial charge in [0.1, 0.15) is 11.6 Å². The van der Waals surface area contributed by atoms with Gasteiger partial charge in [-0.05, 0) is 38.5 Å². The molecular weight excluding hydrogens is 324 g/mol. The molecule has 1 aromatic rings. The maximum absolute atomic E-state index is 12.2. The van der Waals surface area contributed by atoms with Crippen LogP contribution in [0, 0.1) is 11.3 Å². The van der Waals surface area contributed by atoms with Crippen molar-refractivity contribution in [3.8, 4) is 6.07 Å². The second-order valence-corrected chi connectivity index (χ2v) is 6.97. The fourth-order valence-corrected chi connectivity index (χ4v) is 2.62. The lowest BCUT2D eigenvalue weighted by molar-refractivity contribution is -0.142. The molecular formula is C18H22N2O5. The highest BCUT2D eigenvalue weighted by atomic mass is 16.6. The van der Waals surface area contributed by atoms with E-state index in [0.717, 1.165) is 5.56 Å². The van der Waals surface area contributed by atoms with Crippen LogP contribution in [0.4, 0.5) is 4.79 Å². The summed E-state index contributed by atoms with van der Waals surface area (Å²) in [5.74, 6) is -1.08. The molecule has 0 aliphatic carbocycles. The number of aliphatic carboxylic acids is 1. The minimum Gasteiger partial charge on any atom is -0.480 e. The Bertz CT molecular complexity index is 689. The van der Waals surface area contributed by atoms with Gasteiger partial charge < -0.3 is 14.6 Å². The normalized spacial score (nSPS) is 20.2. The Morgan fingerprint density at radius 3 is 2.72 bits per heavy atom. The zero-order valence-electron chi connectivity index (χ0n) is 14.6. The zero-order chi connectivity index (χ0) is 18.6. The average molecular weight is 346 g/mol. The molecule has 2 atom stereocenters. The number of benzene rings is 1. The standard InChI is InChI=1S/C18H22N2O5/c1-18(2,3)25-17(23)20-10-14(8-15(20)16(21)22)24-11-13-6-4-5-12(7-13)9-19/h4-7,14-15H,8,10-11H2,1-3H3,(H,21,22)/t14-,15+/m1/s1. The van der Waals surface area contributed by atoms with Crippen molar-refractivity contribution in [1.82, 2.24) is 4.90 Å². The predicted molar refractivity (Wildman–Crippen MR) is 88.7 cm³/mol. The Labute approximate surface area is 146 Å². The van der Waals surface area contributed by atoms with E-state index >= 15 is 0 Å². The van der Waals surface area contributed by atoms with E-state index in [1.165, 1.54) is 4.90 Å². The van der Waals surface area contributed by atoms with E-state index in [9.17, 15) is 14.7 Å². The molecule has 1 aliphatic heterocycles. The number of carbonyl (C=O) groups excluding carboxylic acids is 1. The molecule has 0 spiro atoms. The molecule has 2 rings (SSSR count). The lowest BCUT2D eigenvalue weighted by Crippen LogP contribution is -2.43. The monoisotopic (exact) mass is 346 g/mol. The van der Waals surface area contributed by atoms with Gasteiger partial charge in [0.15, 0.2) is 0 Å². The maximum atomic E-state index is 12.2. The van der Waals surface area contributed by atoms with Crippen molar-refractivity contribution in [1.29, 1.82) is 5.26 Å². The number of carboxylic acid groups (broad SMARTS) is 1. The summed E-state index contributed by atoms with van der Waals surface area (Å²) >= 11 is 0. The van der Waals surface area contributed by atoms with E-state index in [2.05, 4.69) is 6.07 Å². The number of hydrogen-bond donors (Lipinski definition) is 1. The van der Waals surface area contributed by atoms with Gasteiger partial charge in [0, 0.05) is 6.42 Å². The van der Waals surface area contributed by atoms with Crippen molar-refractivity contribution < 1.29 is 24.2 Å². The summed E-state index contributed by atoms with van der Waals surface area (Å²) in [4.78, 5) is 24.9. The number of amides is 1. The fraction of sp³-hybridized carbons (Fsp3) is 0.500. The van der Waals surface area contributed by atoms with Crippen molar-refractivity contribution in [3.63, 3.8) is 0 Å². The van der Waals surface area contributed by atoms with Crippen LogP contribution >= 0.6 is 0 Å². The molecule has 1 saturated heterocycles. The van der Waals surface area contributed by atoms with E-state index in [0.29, 0.717) is 5.56 Å². The van der Waals surface area contributed by atoms with E-state index in [-0.39, 0.29) is 19.6 Å². The van der Waals surface area contributed by atoms with E-state index in [4.69, 9.17) is 14.7 Å². The lowest BCUT2D eigenvalue weighted by Gasteiger charge is -2.26. The lowest BCUT2D eigenvalue weighted by atomic mass is 10.1. The van der Waals surface area contributed by atoms with Gasteiger partial charge >= 0.3 is 12.1 Å². The van der Waals surface area contributed by atoms with Crippen LogP contribution in [0.25, 0.3) is 0 Å². The molecule has 134 valence electrons. The molecule has 0 unspecified atom stereocenters. The molecule has 0 radical (unpaired) electrons. The largest absolute Gasteiger partial charge is 0.480 e. The van der Waals surface area contributed by atoms with Crippen molar-refractivity contribution in [2.24, 2.45) is 0 Å². The first kappa shape index (κ1) is 18.7. The van der Waals surface area contributed by atoms with Gasteiger partial charge in [-0.1, -0.05) is 12.1 Å². The molecule has 25 heavy (non-hydrogen) atoms. The summed E-state index contributed by atoms with van der Waals surface area (Å²) < 4.78 is 11.0. The first-order valence-corrected chi connectivity index (χ1v) is 8.02. The minimum atomic E-state index is -1.08. The number of nitriles is 1. The molecule has 0 aromatic heterocycles. The third-order valence-electron chi connectivity index (χ3n) is 3.72. The summed E-state index contributed by atoms with van der Waals surface area (Å²) in [5.41, 5.74) is 0.657. The SMILES string of the molecule is CC(C)(C)OC(=O)N1C[C@H](OCc2cccc(C#N)c2)C[C@H]1C(=O)O. The molecule has 0 bridgehead atoms. The summed E-state index contributed by atoms with van der Waals surface area (Å²) in [6.07, 6.45) is -0.858. The summed E-state index contributed by atoms with van der Waals surface area (Å²) in [5, 5.41) is 18.3. The van der Waals surface area contributed by atoms with Gasteiger partial charge in [0.05, 0.1) is 30.9 Å². The summed E-state index contributed by atoms with van der Waals surface area (Å²) in [6, 6.07) is 8.10. The van der Waals surface area contributed by atoms with Crippen molar-refractivity contribution >= 4 is 12.1 Å². The Balaban J connectivity index is 2.00. The molecule has 7 heteroatoms. The fourth-order valence-electron chi connectivity index (χ4n) is 2.62. The highest BCUT2D eigenvalue weighted by molar-refractivity contribution is 5.81. The van der Waals surface area contributed by atoms with Gasteiger partial charge in [-0.2, -0.15) is 5.26 Å². The summed E-state index contributed by atoms with van der Waals surface area (Å²) in [6.45, 7) is 5.59. The molecule has 7 nitrogen and oxygen atoms in total. The number of likely N-dealkylation sites (tertiary alicyclic amines) is 1. The van der Waals surface area contributed by atoms with Crippen LogP contribution < -0.4 is 0 Å². The topological polar surface area (TPSA) is 99.9 Å². The summed E-state index contributed by atoms with van der Waals surface area (Å²) in [7, 11) is 0. The molecule has 1 heterocycles. The number of rotatable bonds is 4. The number of hydrogen-bond acceptors (Lipinski definition) is 5. The zero-order valence-corrected chi connectivity index (χ0v) is 14.6. The minimum absolute atomic E-state index is 0.157. The van der Waals surface area contributed by atoms with E-state index in [1.54, 1.807) is 39.0 Å². The Hall–Kier alpha value is -2.59.